The lowest BCUT2D eigenvalue weighted by Gasteiger charge is -2.11. The number of furan rings is 1. The lowest BCUT2D eigenvalue weighted by molar-refractivity contribution is 0.420. The molecule has 0 atom stereocenters. The summed E-state index contributed by atoms with van der Waals surface area (Å²) in [6.07, 6.45) is 1.59. The van der Waals surface area contributed by atoms with Crippen LogP contribution in [0.3, 0.4) is 0 Å². The minimum atomic E-state index is -0.0693. The first kappa shape index (κ1) is 19.8. The molecule has 3 aromatic heterocycles. The summed E-state index contributed by atoms with van der Waals surface area (Å²) >= 11 is 1.31. The van der Waals surface area contributed by atoms with Crippen LogP contribution in [0.25, 0.3) is 28.2 Å². The number of H-pyrrole nitrogens is 1. The molecule has 0 aliphatic rings. The first-order valence-corrected chi connectivity index (χ1v) is 10.4. The number of aliphatic hydroxyl groups is 1. The van der Waals surface area contributed by atoms with Gasteiger partial charge in [0.15, 0.2) is 22.6 Å². The molecule has 0 spiro atoms. The van der Waals surface area contributed by atoms with E-state index in [9.17, 15) is 10.4 Å². The predicted octanol–water partition coefficient (Wildman–Crippen LogP) is 4.66. The molecule has 1 aromatic carbocycles. The number of hydrogen-bond donors (Lipinski definition) is 2. The third-order valence-corrected chi connectivity index (χ3v) is 5.35. The number of nitrogens with zero attached hydrogens (tertiary/aromatic N) is 5. The zero-order valence-electron chi connectivity index (χ0n) is 16.5. The maximum atomic E-state index is 10.6. The van der Waals surface area contributed by atoms with Gasteiger partial charge in [-0.2, -0.15) is 5.26 Å². The zero-order valence-corrected chi connectivity index (χ0v) is 17.3. The highest BCUT2D eigenvalue weighted by Gasteiger charge is 2.19. The van der Waals surface area contributed by atoms with E-state index in [4.69, 9.17) is 4.42 Å². The van der Waals surface area contributed by atoms with Crippen molar-refractivity contribution in [3.8, 4) is 17.7 Å². The van der Waals surface area contributed by atoms with E-state index in [1.54, 1.807) is 12.3 Å². The number of aliphatic hydroxyl groups excluding tert-OH is 1. The number of rotatable bonds is 7. The SMILES string of the molecule is CC(C)Cn1c(SC/C(O)=C(/C#N)c2nc3ccccc3[nH]2)nnc1-c1ccco1. The van der Waals surface area contributed by atoms with Gasteiger partial charge in [-0.15, -0.1) is 10.2 Å². The van der Waals surface area contributed by atoms with Crippen molar-refractivity contribution in [2.45, 2.75) is 25.5 Å². The van der Waals surface area contributed by atoms with E-state index in [0.29, 0.717) is 35.0 Å². The largest absolute Gasteiger partial charge is 0.510 e. The van der Waals surface area contributed by atoms with Gasteiger partial charge in [-0.3, -0.25) is 4.57 Å². The number of aromatic amines is 1. The molecule has 0 aliphatic heterocycles. The fraction of sp³-hybridized carbons (Fsp3) is 0.238. The first-order chi connectivity index (χ1) is 14.6. The third kappa shape index (κ3) is 3.95. The highest BCUT2D eigenvalue weighted by Crippen LogP contribution is 2.28. The second-order valence-corrected chi connectivity index (χ2v) is 8.06. The van der Waals surface area contributed by atoms with E-state index in [0.717, 1.165) is 11.0 Å². The summed E-state index contributed by atoms with van der Waals surface area (Å²) < 4.78 is 7.44. The third-order valence-electron chi connectivity index (χ3n) is 4.37. The van der Waals surface area contributed by atoms with Crippen LogP contribution in [0.1, 0.15) is 19.7 Å². The summed E-state index contributed by atoms with van der Waals surface area (Å²) in [7, 11) is 0. The molecule has 8 nitrogen and oxygen atoms in total. The van der Waals surface area contributed by atoms with Crippen molar-refractivity contribution in [3.05, 3.63) is 54.2 Å². The number of allylic oxidation sites excluding steroid dienone is 1. The molecule has 30 heavy (non-hydrogen) atoms. The molecular weight excluding hydrogens is 400 g/mol. The minimum absolute atomic E-state index is 0.0693. The van der Waals surface area contributed by atoms with Crippen molar-refractivity contribution in [3.63, 3.8) is 0 Å². The summed E-state index contributed by atoms with van der Waals surface area (Å²) in [6, 6.07) is 13.2. The highest BCUT2D eigenvalue weighted by atomic mass is 32.2. The normalized spacial score (nSPS) is 12.3. The Kier molecular flexibility index (Phi) is 5.59. The summed E-state index contributed by atoms with van der Waals surface area (Å²) in [5.41, 5.74) is 1.65. The van der Waals surface area contributed by atoms with Crippen LogP contribution >= 0.6 is 11.8 Å². The van der Waals surface area contributed by atoms with Gasteiger partial charge in [-0.25, -0.2) is 4.98 Å². The van der Waals surface area contributed by atoms with E-state index in [1.807, 2.05) is 34.9 Å². The number of hydrogen-bond acceptors (Lipinski definition) is 7. The van der Waals surface area contributed by atoms with Gasteiger partial charge in [-0.05, 0) is 30.2 Å². The van der Waals surface area contributed by atoms with Crippen LogP contribution in [0.4, 0.5) is 0 Å². The van der Waals surface area contributed by atoms with Crippen molar-refractivity contribution < 1.29 is 9.52 Å². The van der Waals surface area contributed by atoms with E-state index in [1.165, 1.54) is 11.8 Å². The van der Waals surface area contributed by atoms with Crippen LogP contribution in [0, 0.1) is 17.2 Å². The monoisotopic (exact) mass is 420 g/mol. The Morgan fingerprint density at radius 3 is 2.80 bits per heavy atom. The lowest BCUT2D eigenvalue weighted by atomic mass is 10.2. The molecule has 0 bridgehead atoms. The van der Waals surface area contributed by atoms with Crippen molar-refractivity contribution in [2.24, 2.45) is 5.92 Å². The molecular formula is C21H20N6O2S. The van der Waals surface area contributed by atoms with Crippen molar-refractivity contribution in [1.29, 1.82) is 5.26 Å². The fourth-order valence-corrected chi connectivity index (χ4v) is 3.87. The molecule has 0 amide bonds. The van der Waals surface area contributed by atoms with Gasteiger partial charge in [0.25, 0.3) is 0 Å². The van der Waals surface area contributed by atoms with Gasteiger partial charge in [0.1, 0.15) is 17.4 Å². The van der Waals surface area contributed by atoms with Gasteiger partial charge in [0.2, 0.25) is 0 Å². The number of nitriles is 1. The number of fused-ring (bicyclic) bond motifs is 1. The molecule has 0 radical (unpaired) electrons. The van der Waals surface area contributed by atoms with Gasteiger partial charge in [-0.1, -0.05) is 37.7 Å². The molecule has 0 unspecified atom stereocenters. The topological polar surface area (TPSA) is 117 Å². The van der Waals surface area contributed by atoms with Crippen LogP contribution in [-0.4, -0.2) is 35.6 Å². The standard InChI is InChI=1S/C21H20N6O2S/c1-13(2)11-27-20(18-8-5-9-29-18)25-26-21(27)30-12-17(28)14(10-22)19-23-15-6-3-4-7-16(15)24-19/h3-9,13,28H,11-12H2,1-2H3,(H,23,24)/b17-14+. The molecule has 0 saturated carbocycles. The summed E-state index contributed by atoms with van der Waals surface area (Å²) in [6.45, 7) is 4.91. The Morgan fingerprint density at radius 1 is 1.27 bits per heavy atom. The van der Waals surface area contributed by atoms with Crippen molar-refractivity contribution in [2.75, 3.05) is 5.75 Å². The molecule has 0 saturated heterocycles. The molecule has 4 rings (SSSR count). The summed E-state index contributed by atoms with van der Waals surface area (Å²) in [4.78, 5) is 7.48. The van der Waals surface area contributed by atoms with Gasteiger partial charge >= 0.3 is 0 Å². The maximum Gasteiger partial charge on any atom is 0.200 e. The van der Waals surface area contributed by atoms with Gasteiger partial charge in [0, 0.05) is 6.54 Å². The van der Waals surface area contributed by atoms with E-state index in [2.05, 4.69) is 40.1 Å². The molecule has 9 heteroatoms. The molecule has 0 aliphatic carbocycles. The number of para-hydroxylation sites is 2. The van der Waals surface area contributed by atoms with E-state index < -0.39 is 0 Å². The maximum absolute atomic E-state index is 10.6. The summed E-state index contributed by atoms with van der Waals surface area (Å²) in [5.74, 6) is 2.07. The molecule has 0 fully saturated rings. The molecule has 4 aromatic rings. The first-order valence-electron chi connectivity index (χ1n) is 9.44. The summed E-state index contributed by atoms with van der Waals surface area (Å²) in [5, 5.41) is 29.4. The Labute approximate surface area is 177 Å². The van der Waals surface area contributed by atoms with E-state index >= 15 is 0 Å². The van der Waals surface area contributed by atoms with Crippen LogP contribution in [0.2, 0.25) is 0 Å². The highest BCUT2D eigenvalue weighted by molar-refractivity contribution is 7.99. The Hall–Kier alpha value is -3.51. The number of thioether (sulfide) groups is 1. The zero-order chi connectivity index (χ0) is 21.1. The second-order valence-electron chi connectivity index (χ2n) is 7.11. The number of benzene rings is 1. The Balaban J connectivity index is 1.61. The predicted molar refractivity (Wildman–Crippen MR) is 115 cm³/mol. The second kappa shape index (κ2) is 8.47. The number of imidazole rings is 1. The minimum Gasteiger partial charge on any atom is -0.510 e. The van der Waals surface area contributed by atoms with Crippen molar-refractivity contribution >= 4 is 28.4 Å². The van der Waals surface area contributed by atoms with Crippen LogP contribution in [0.15, 0.2) is 58.0 Å². The Bertz CT molecular complexity index is 1200. The van der Waals surface area contributed by atoms with Gasteiger partial charge in [0.05, 0.1) is 23.0 Å². The molecule has 2 N–H and O–H groups in total. The number of nitrogens with one attached hydrogen (secondary N) is 1. The van der Waals surface area contributed by atoms with Crippen molar-refractivity contribution in [1.82, 2.24) is 24.7 Å². The van der Waals surface area contributed by atoms with E-state index in [-0.39, 0.29) is 17.1 Å². The molecule has 3 heterocycles. The quantitative estimate of drug-likeness (QED) is 0.254. The van der Waals surface area contributed by atoms with Gasteiger partial charge < -0.3 is 14.5 Å². The van der Waals surface area contributed by atoms with Crippen LogP contribution < -0.4 is 0 Å². The average molecular weight is 420 g/mol. The Morgan fingerprint density at radius 2 is 2.10 bits per heavy atom. The smallest absolute Gasteiger partial charge is 0.200 e. The van der Waals surface area contributed by atoms with Crippen LogP contribution in [-0.2, 0) is 6.54 Å². The fourth-order valence-electron chi connectivity index (χ4n) is 3.04. The molecule has 152 valence electrons. The lowest BCUT2D eigenvalue weighted by Crippen LogP contribution is -2.08. The number of aromatic nitrogens is 5. The average Bonchev–Trinajstić information content (AvgIpc) is 3.46. The van der Waals surface area contributed by atoms with Crippen LogP contribution in [0.5, 0.6) is 0 Å².